The molecule has 0 amide bonds. The molecule has 94 valence electrons. The van der Waals surface area contributed by atoms with E-state index in [0.717, 1.165) is 24.9 Å². The molecule has 1 aliphatic carbocycles. The van der Waals surface area contributed by atoms with Gasteiger partial charge in [-0.05, 0) is 44.6 Å². The Morgan fingerprint density at radius 3 is 2.88 bits per heavy atom. The molecule has 0 bridgehead atoms. The topological polar surface area (TPSA) is 41.3 Å². The Kier molecular flexibility index (Phi) is 4.62. The second kappa shape index (κ2) is 5.99. The van der Waals surface area contributed by atoms with Crippen LogP contribution in [0.3, 0.4) is 0 Å². The Labute approximate surface area is 99.8 Å². The number of nitrogens with one attached hydrogen (secondary N) is 1. The largest absolute Gasteiger partial charge is 0.330 e. The van der Waals surface area contributed by atoms with E-state index >= 15 is 0 Å². The monoisotopic (exact) mass is 225 g/mol. The van der Waals surface area contributed by atoms with E-state index in [1.807, 2.05) is 0 Å². The average Bonchev–Trinajstić information content (AvgIpc) is 2.29. The highest BCUT2D eigenvalue weighted by atomic mass is 15.2. The zero-order chi connectivity index (χ0) is 11.4. The van der Waals surface area contributed by atoms with E-state index in [0.29, 0.717) is 6.04 Å². The minimum Gasteiger partial charge on any atom is -0.330 e. The number of nitrogens with two attached hydrogens (primary N) is 1. The Bertz CT molecular complexity index is 207. The number of rotatable bonds is 3. The van der Waals surface area contributed by atoms with Gasteiger partial charge in [-0.1, -0.05) is 6.42 Å². The van der Waals surface area contributed by atoms with Gasteiger partial charge in [0.2, 0.25) is 0 Å². The van der Waals surface area contributed by atoms with E-state index in [-0.39, 0.29) is 0 Å². The van der Waals surface area contributed by atoms with Crippen molar-refractivity contribution in [2.75, 3.05) is 32.7 Å². The van der Waals surface area contributed by atoms with Gasteiger partial charge in [-0.25, -0.2) is 0 Å². The van der Waals surface area contributed by atoms with Crippen LogP contribution in [-0.4, -0.2) is 43.7 Å². The van der Waals surface area contributed by atoms with E-state index in [1.165, 1.54) is 45.3 Å². The van der Waals surface area contributed by atoms with Crippen LogP contribution in [0.15, 0.2) is 0 Å². The summed E-state index contributed by atoms with van der Waals surface area (Å²) in [5.41, 5.74) is 5.80. The third-order valence-electron chi connectivity index (χ3n) is 4.19. The van der Waals surface area contributed by atoms with Crippen molar-refractivity contribution in [2.24, 2.45) is 17.6 Å². The van der Waals surface area contributed by atoms with Crippen molar-refractivity contribution in [2.45, 2.75) is 38.6 Å². The standard InChI is InChI=1S/C13H27N3/c1-11-9-16(6-5-15-11)10-13-4-2-3-12(7-13)8-14/h11-13,15H,2-10,14H2,1H3/t11?,12-,13+/m0/s1. The SMILES string of the molecule is CC1CN(C[C@@H]2CCC[C@H](CN)C2)CCN1. The Balaban J connectivity index is 1.75. The van der Waals surface area contributed by atoms with E-state index in [9.17, 15) is 0 Å². The second-order valence-electron chi connectivity index (χ2n) is 5.75. The summed E-state index contributed by atoms with van der Waals surface area (Å²) in [7, 11) is 0. The fraction of sp³-hybridized carbons (Fsp3) is 1.00. The van der Waals surface area contributed by atoms with Gasteiger partial charge in [-0.15, -0.1) is 0 Å². The van der Waals surface area contributed by atoms with Crippen molar-refractivity contribution in [1.82, 2.24) is 10.2 Å². The maximum absolute atomic E-state index is 5.80. The van der Waals surface area contributed by atoms with Crippen LogP contribution >= 0.6 is 0 Å². The summed E-state index contributed by atoms with van der Waals surface area (Å²) in [4.78, 5) is 2.64. The van der Waals surface area contributed by atoms with Crippen LogP contribution in [0, 0.1) is 11.8 Å². The lowest BCUT2D eigenvalue weighted by molar-refractivity contribution is 0.146. The molecule has 16 heavy (non-hydrogen) atoms. The van der Waals surface area contributed by atoms with E-state index in [2.05, 4.69) is 17.1 Å². The molecule has 0 radical (unpaired) electrons. The molecule has 1 heterocycles. The number of nitrogens with zero attached hydrogens (tertiary/aromatic N) is 1. The molecular formula is C13H27N3. The lowest BCUT2D eigenvalue weighted by Gasteiger charge is -2.37. The van der Waals surface area contributed by atoms with Gasteiger partial charge in [0.05, 0.1) is 0 Å². The molecule has 1 unspecified atom stereocenters. The predicted octanol–water partition coefficient (Wildman–Crippen LogP) is 1.05. The third-order valence-corrected chi connectivity index (χ3v) is 4.19. The second-order valence-corrected chi connectivity index (χ2v) is 5.75. The Morgan fingerprint density at radius 1 is 1.31 bits per heavy atom. The van der Waals surface area contributed by atoms with Crippen LogP contribution < -0.4 is 11.1 Å². The Morgan fingerprint density at radius 2 is 2.12 bits per heavy atom. The summed E-state index contributed by atoms with van der Waals surface area (Å²) >= 11 is 0. The molecule has 2 rings (SSSR count). The summed E-state index contributed by atoms with van der Waals surface area (Å²) in [6, 6.07) is 0.669. The van der Waals surface area contributed by atoms with Crippen molar-refractivity contribution in [3.8, 4) is 0 Å². The van der Waals surface area contributed by atoms with Crippen LogP contribution in [0.4, 0.5) is 0 Å². The number of hydrogen-bond acceptors (Lipinski definition) is 3. The molecule has 1 aliphatic heterocycles. The molecule has 2 aliphatic rings. The first-order chi connectivity index (χ1) is 7.78. The first kappa shape index (κ1) is 12.3. The summed E-state index contributed by atoms with van der Waals surface area (Å²) < 4.78 is 0. The average molecular weight is 225 g/mol. The van der Waals surface area contributed by atoms with Crippen molar-refractivity contribution in [3.05, 3.63) is 0 Å². The maximum Gasteiger partial charge on any atom is 0.0167 e. The molecule has 3 heteroatoms. The fourth-order valence-corrected chi connectivity index (χ4v) is 3.33. The Hall–Kier alpha value is -0.120. The highest BCUT2D eigenvalue weighted by Crippen LogP contribution is 2.29. The minimum absolute atomic E-state index is 0.669. The first-order valence-corrected chi connectivity index (χ1v) is 6.93. The molecule has 3 nitrogen and oxygen atoms in total. The highest BCUT2D eigenvalue weighted by Gasteiger charge is 2.24. The summed E-state index contributed by atoms with van der Waals surface area (Å²) in [6.07, 6.45) is 5.56. The summed E-state index contributed by atoms with van der Waals surface area (Å²) in [6.45, 7) is 8.11. The fourth-order valence-electron chi connectivity index (χ4n) is 3.33. The van der Waals surface area contributed by atoms with Crippen LogP contribution in [0.1, 0.15) is 32.6 Å². The molecule has 3 N–H and O–H groups in total. The zero-order valence-corrected chi connectivity index (χ0v) is 10.6. The molecular weight excluding hydrogens is 198 g/mol. The van der Waals surface area contributed by atoms with Crippen molar-refractivity contribution >= 4 is 0 Å². The van der Waals surface area contributed by atoms with Gasteiger partial charge < -0.3 is 16.0 Å². The van der Waals surface area contributed by atoms with Crippen molar-refractivity contribution in [3.63, 3.8) is 0 Å². The van der Waals surface area contributed by atoms with Gasteiger partial charge in [0.15, 0.2) is 0 Å². The number of hydrogen-bond donors (Lipinski definition) is 2. The van der Waals surface area contributed by atoms with E-state index in [4.69, 9.17) is 5.73 Å². The van der Waals surface area contributed by atoms with Gasteiger partial charge >= 0.3 is 0 Å². The van der Waals surface area contributed by atoms with Crippen LogP contribution in [-0.2, 0) is 0 Å². The van der Waals surface area contributed by atoms with E-state index in [1.54, 1.807) is 0 Å². The summed E-state index contributed by atoms with van der Waals surface area (Å²) in [5.74, 6) is 1.71. The van der Waals surface area contributed by atoms with Gasteiger partial charge in [0.1, 0.15) is 0 Å². The van der Waals surface area contributed by atoms with Gasteiger partial charge in [-0.2, -0.15) is 0 Å². The molecule has 0 aromatic rings. The molecule has 1 saturated carbocycles. The normalized spacial score (nSPS) is 37.5. The molecule has 0 aromatic carbocycles. The summed E-state index contributed by atoms with van der Waals surface area (Å²) in [5, 5.41) is 3.51. The van der Waals surface area contributed by atoms with Gasteiger partial charge in [0.25, 0.3) is 0 Å². The lowest BCUT2D eigenvalue weighted by Crippen LogP contribution is -2.50. The van der Waals surface area contributed by atoms with Gasteiger partial charge in [0, 0.05) is 32.2 Å². The maximum atomic E-state index is 5.80. The van der Waals surface area contributed by atoms with Crippen LogP contribution in [0.25, 0.3) is 0 Å². The quantitative estimate of drug-likeness (QED) is 0.754. The predicted molar refractivity (Wildman–Crippen MR) is 68.4 cm³/mol. The van der Waals surface area contributed by atoms with Crippen molar-refractivity contribution < 1.29 is 0 Å². The highest BCUT2D eigenvalue weighted by molar-refractivity contribution is 4.80. The van der Waals surface area contributed by atoms with Gasteiger partial charge in [-0.3, -0.25) is 0 Å². The molecule has 1 saturated heterocycles. The van der Waals surface area contributed by atoms with Crippen LogP contribution in [0.5, 0.6) is 0 Å². The smallest absolute Gasteiger partial charge is 0.0167 e. The van der Waals surface area contributed by atoms with Crippen molar-refractivity contribution in [1.29, 1.82) is 0 Å². The zero-order valence-electron chi connectivity index (χ0n) is 10.6. The number of piperazine rings is 1. The van der Waals surface area contributed by atoms with E-state index < -0.39 is 0 Å². The molecule has 2 fully saturated rings. The van der Waals surface area contributed by atoms with Crippen LogP contribution in [0.2, 0.25) is 0 Å². The molecule has 0 aromatic heterocycles. The molecule has 0 spiro atoms. The first-order valence-electron chi connectivity index (χ1n) is 6.93. The lowest BCUT2D eigenvalue weighted by atomic mass is 9.81. The third kappa shape index (κ3) is 3.44. The molecule has 3 atom stereocenters. The minimum atomic E-state index is 0.669.